The monoisotopic (exact) mass is 310 g/mol. The first-order chi connectivity index (χ1) is 9.79. The Balaban J connectivity index is 2.03. The smallest absolute Gasteiger partial charge is 0.253 e. The van der Waals surface area contributed by atoms with Gasteiger partial charge in [0.25, 0.3) is 5.91 Å². The summed E-state index contributed by atoms with van der Waals surface area (Å²) < 4.78 is 24.2. The molecule has 1 aromatic carbocycles. The van der Waals surface area contributed by atoms with Crippen LogP contribution in [0.3, 0.4) is 0 Å². The molecule has 1 aliphatic rings. The second-order valence-corrected chi connectivity index (χ2v) is 6.93. The van der Waals surface area contributed by atoms with Crippen LogP contribution in [0.4, 0.5) is 0 Å². The van der Waals surface area contributed by atoms with Gasteiger partial charge >= 0.3 is 0 Å². The molecule has 1 fully saturated rings. The number of nitrogen functional groups attached to an aromatic ring is 1. The zero-order chi connectivity index (χ0) is 15.6. The minimum atomic E-state index is -3.20. The molecule has 1 amide bonds. The zero-order valence-corrected chi connectivity index (χ0v) is 12.6. The SMILES string of the molecule is CS(=O)(=O)N1CCN(C(=O)c2ccc(C(=N)N)cc2)CC1. The van der Waals surface area contributed by atoms with E-state index in [-0.39, 0.29) is 11.7 Å². The van der Waals surface area contributed by atoms with Gasteiger partial charge in [-0.25, -0.2) is 8.42 Å². The molecule has 21 heavy (non-hydrogen) atoms. The highest BCUT2D eigenvalue weighted by atomic mass is 32.2. The van der Waals surface area contributed by atoms with E-state index in [1.165, 1.54) is 10.6 Å². The number of nitrogens with one attached hydrogen (secondary N) is 1. The molecule has 8 heteroatoms. The number of amidine groups is 1. The fourth-order valence-electron chi connectivity index (χ4n) is 2.20. The first-order valence-electron chi connectivity index (χ1n) is 6.48. The van der Waals surface area contributed by atoms with Crippen molar-refractivity contribution in [3.63, 3.8) is 0 Å². The van der Waals surface area contributed by atoms with Crippen molar-refractivity contribution in [3.8, 4) is 0 Å². The molecule has 0 aromatic heterocycles. The van der Waals surface area contributed by atoms with Crippen LogP contribution in [0.25, 0.3) is 0 Å². The van der Waals surface area contributed by atoms with Gasteiger partial charge in [0, 0.05) is 37.3 Å². The van der Waals surface area contributed by atoms with E-state index in [0.29, 0.717) is 37.3 Å². The molecule has 3 N–H and O–H groups in total. The predicted molar refractivity (Wildman–Crippen MR) is 79.8 cm³/mol. The molecule has 1 saturated heterocycles. The van der Waals surface area contributed by atoms with Gasteiger partial charge in [-0.3, -0.25) is 10.2 Å². The van der Waals surface area contributed by atoms with Gasteiger partial charge in [-0.1, -0.05) is 12.1 Å². The number of carbonyl (C=O) groups is 1. The highest BCUT2D eigenvalue weighted by molar-refractivity contribution is 7.88. The fraction of sp³-hybridized carbons (Fsp3) is 0.385. The summed E-state index contributed by atoms with van der Waals surface area (Å²) in [6, 6.07) is 6.51. The third-order valence-corrected chi connectivity index (χ3v) is 4.74. The molecule has 0 saturated carbocycles. The van der Waals surface area contributed by atoms with Crippen molar-refractivity contribution in [1.82, 2.24) is 9.21 Å². The molecule has 0 spiro atoms. The lowest BCUT2D eigenvalue weighted by atomic mass is 10.1. The molecule has 0 aliphatic carbocycles. The van der Waals surface area contributed by atoms with Crippen LogP contribution in [0.5, 0.6) is 0 Å². The summed E-state index contributed by atoms with van der Waals surface area (Å²) in [6.45, 7) is 1.38. The van der Waals surface area contributed by atoms with Crippen LogP contribution in [0.15, 0.2) is 24.3 Å². The van der Waals surface area contributed by atoms with Crippen LogP contribution in [0.2, 0.25) is 0 Å². The molecule has 0 radical (unpaired) electrons. The van der Waals surface area contributed by atoms with E-state index in [1.807, 2.05) is 0 Å². The third kappa shape index (κ3) is 3.59. The minimum absolute atomic E-state index is 0.0456. The summed E-state index contributed by atoms with van der Waals surface area (Å²) in [5, 5.41) is 7.31. The maximum atomic E-state index is 12.3. The van der Waals surface area contributed by atoms with Crippen molar-refractivity contribution >= 4 is 21.8 Å². The number of hydrogen-bond donors (Lipinski definition) is 2. The van der Waals surface area contributed by atoms with Crippen molar-refractivity contribution in [3.05, 3.63) is 35.4 Å². The molecule has 0 atom stereocenters. The van der Waals surface area contributed by atoms with Crippen molar-refractivity contribution < 1.29 is 13.2 Å². The van der Waals surface area contributed by atoms with Crippen molar-refractivity contribution in [2.75, 3.05) is 32.4 Å². The number of sulfonamides is 1. The fourth-order valence-corrected chi connectivity index (χ4v) is 3.02. The molecule has 2 rings (SSSR count). The Labute approximate surface area is 123 Å². The van der Waals surface area contributed by atoms with E-state index in [1.54, 1.807) is 29.2 Å². The number of carbonyl (C=O) groups excluding carboxylic acids is 1. The van der Waals surface area contributed by atoms with Crippen LogP contribution >= 0.6 is 0 Å². The summed E-state index contributed by atoms with van der Waals surface area (Å²) in [5.74, 6) is -0.186. The molecule has 0 bridgehead atoms. The molecule has 114 valence electrons. The highest BCUT2D eigenvalue weighted by Crippen LogP contribution is 2.11. The lowest BCUT2D eigenvalue weighted by Crippen LogP contribution is -2.50. The van der Waals surface area contributed by atoms with Crippen LogP contribution in [-0.2, 0) is 10.0 Å². The van der Waals surface area contributed by atoms with E-state index in [9.17, 15) is 13.2 Å². The maximum absolute atomic E-state index is 12.3. The van der Waals surface area contributed by atoms with Gasteiger partial charge in [-0.2, -0.15) is 4.31 Å². The normalized spacial score (nSPS) is 16.7. The Morgan fingerprint density at radius 1 is 1.10 bits per heavy atom. The van der Waals surface area contributed by atoms with Crippen molar-refractivity contribution in [2.24, 2.45) is 5.73 Å². The Hall–Kier alpha value is -1.93. The van der Waals surface area contributed by atoms with Gasteiger partial charge < -0.3 is 10.6 Å². The van der Waals surface area contributed by atoms with E-state index < -0.39 is 10.0 Å². The first kappa shape index (κ1) is 15.5. The maximum Gasteiger partial charge on any atom is 0.253 e. The van der Waals surface area contributed by atoms with Gasteiger partial charge in [-0.05, 0) is 12.1 Å². The molecular formula is C13H18N4O3S. The van der Waals surface area contributed by atoms with Gasteiger partial charge in [0.2, 0.25) is 10.0 Å². The number of nitrogens with two attached hydrogens (primary N) is 1. The minimum Gasteiger partial charge on any atom is -0.384 e. The summed E-state index contributed by atoms with van der Waals surface area (Å²) in [4.78, 5) is 13.9. The Morgan fingerprint density at radius 3 is 2.00 bits per heavy atom. The van der Waals surface area contributed by atoms with Crippen LogP contribution in [-0.4, -0.2) is 61.8 Å². The lowest BCUT2D eigenvalue weighted by Gasteiger charge is -2.33. The summed E-state index contributed by atoms with van der Waals surface area (Å²) in [5.41, 5.74) is 6.43. The van der Waals surface area contributed by atoms with Crippen LogP contribution in [0.1, 0.15) is 15.9 Å². The lowest BCUT2D eigenvalue weighted by molar-refractivity contribution is 0.0698. The van der Waals surface area contributed by atoms with Crippen LogP contribution in [0, 0.1) is 5.41 Å². The quantitative estimate of drug-likeness (QED) is 0.589. The van der Waals surface area contributed by atoms with Gasteiger partial charge in [0.1, 0.15) is 5.84 Å². The van der Waals surface area contributed by atoms with Gasteiger partial charge in [-0.15, -0.1) is 0 Å². The third-order valence-electron chi connectivity index (χ3n) is 3.44. The molecule has 1 heterocycles. The van der Waals surface area contributed by atoms with E-state index in [4.69, 9.17) is 11.1 Å². The summed E-state index contributed by atoms with van der Waals surface area (Å²) in [7, 11) is -3.20. The standard InChI is InChI=1S/C13H18N4O3S/c1-21(19,20)17-8-6-16(7-9-17)13(18)11-4-2-10(3-5-11)12(14)15/h2-5H,6-9H2,1H3,(H3,14,15). The Morgan fingerprint density at radius 2 is 1.57 bits per heavy atom. The molecular weight excluding hydrogens is 292 g/mol. The van der Waals surface area contributed by atoms with Gasteiger partial charge in [0.15, 0.2) is 0 Å². The topological polar surface area (TPSA) is 108 Å². The highest BCUT2D eigenvalue weighted by Gasteiger charge is 2.26. The summed E-state index contributed by atoms with van der Waals surface area (Å²) >= 11 is 0. The summed E-state index contributed by atoms with van der Waals surface area (Å²) in [6.07, 6.45) is 1.17. The number of rotatable bonds is 3. The average molecular weight is 310 g/mol. The second-order valence-electron chi connectivity index (χ2n) is 4.95. The molecule has 1 aliphatic heterocycles. The Bertz CT molecular complexity index is 646. The van der Waals surface area contributed by atoms with Crippen molar-refractivity contribution in [1.29, 1.82) is 5.41 Å². The van der Waals surface area contributed by atoms with E-state index in [2.05, 4.69) is 0 Å². The molecule has 0 unspecified atom stereocenters. The number of benzene rings is 1. The largest absolute Gasteiger partial charge is 0.384 e. The zero-order valence-electron chi connectivity index (χ0n) is 11.7. The number of piperazine rings is 1. The van der Waals surface area contributed by atoms with E-state index >= 15 is 0 Å². The van der Waals surface area contributed by atoms with E-state index in [0.717, 1.165) is 0 Å². The average Bonchev–Trinajstić information content (AvgIpc) is 2.46. The molecule has 7 nitrogen and oxygen atoms in total. The number of amides is 1. The van der Waals surface area contributed by atoms with Crippen LogP contribution < -0.4 is 5.73 Å². The number of hydrogen-bond acceptors (Lipinski definition) is 4. The second kappa shape index (κ2) is 5.82. The van der Waals surface area contributed by atoms with Crippen molar-refractivity contribution in [2.45, 2.75) is 0 Å². The first-order valence-corrected chi connectivity index (χ1v) is 8.33. The number of nitrogens with zero attached hydrogens (tertiary/aromatic N) is 2. The van der Waals surface area contributed by atoms with Gasteiger partial charge in [0.05, 0.1) is 6.26 Å². The Kier molecular flexibility index (Phi) is 4.29. The molecule has 1 aromatic rings. The predicted octanol–water partition coefficient (Wildman–Crippen LogP) is -0.312.